The van der Waals surface area contributed by atoms with E-state index in [1.807, 2.05) is 6.07 Å². The summed E-state index contributed by atoms with van der Waals surface area (Å²) in [5.74, 6) is -0.209. The van der Waals surface area contributed by atoms with E-state index in [9.17, 15) is 14.4 Å². The molecule has 0 atom stereocenters. The average molecular weight is 422 g/mol. The first-order chi connectivity index (χ1) is 15.1. The third-order valence-corrected chi connectivity index (χ3v) is 4.59. The minimum atomic E-state index is -0.504. The summed E-state index contributed by atoms with van der Waals surface area (Å²) in [4.78, 5) is 37.8. The van der Waals surface area contributed by atoms with Crippen LogP contribution in [0.5, 0.6) is 5.75 Å². The van der Waals surface area contributed by atoms with Crippen LogP contribution in [-0.2, 0) is 11.3 Å². The zero-order chi connectivity index (χ0) is 22.1. The summed E-state index contributed by atoms with van der Waals surface area (Å²) >= 11 is 0. The Kier molecular flexibility index (Phi) is 7.64. The monoisotopic (exact) mass is 422 g/mol. The highest BCUT2D eigenvalue weighted by Gasteiger charge is 2.19. The molecule has 2 amide bonds. The van der Waals surface area contributed by atoms with Gasteiger partial charge < -0.3 is 15.4 Å². The lowest BCUT2D eigenvalue weighted by Gasteiger charge is -2.08. The van der Waals surface area contributed by atoms with Crippen molar-refractivity contribution in [3.63, 3.8) is 0 Å². The number of hydrogen-bond donors (Lipinski definition) is 3. The maximum atomic E-state index is 12.8. The number of hydrogen-bond acceptors (Lipinski definition) is 4. The lowest BCUT2D eigenvalue weighted by molar-refractivity contribution is -0.118. The molecule has 0 aliphatic carbocycles. The molecule has 3 rings (SSSR count). The number of carbonyl (C=O) groups excluding carboxylic acids is 2. The van der Waals surface area contributed by atoms with Crippen LogP contribution in [0.15, 0.2) is 65.5 Å². The smallest absolute Gasteiger partial charge is 0.292 e. The molecule has 3 N–H and O–H groups in total. The van der Waals surface area contributed by atoms with Crippen LogP contribution < -0.4 is 20.9 Å². The number of anilines is 2. The Balaban J connectivity index is 1.76. The Bertz CT molecular complexity index is 1060. The molecular formula is C23H26N4O4. The molecule has 0 saturated carbocycles. The number of amides is 2. The molecule has 0 bridgehead atoms. The minimum Gasteiger partial charge on any atom is -0.484 e. The van der Waals surface area contributed by atoms with Crippen molar-refractivity contribution in [1.29, 1.82) is 0 Å². The predicted molar refractivity (Wildman–Crippen MR) is 120 cm³/mol. The first kappa shape index (κ1) is 21.9. The van der Waals surface area contributed by atoms with Crippen molar-refractivity contribution in [2.45, 2.75) is 32.7 Å². The van der Waals surface area contributed by atoms with E-state index >= 15 is 0 Å². The zero-order valence-electron chi connectivity index (χ0n) is 17.4. The number of nitrogens with zero attached hydrogens (tertiary/aromatic N) is 1. The maximum absolute atomic E-state index is 12.8. The number of aromatic nitrogens is 2. The van der Waals surface area contributed by atoms with E-state index in [4.69, 9.17) is 4.74 Å². The number of para-hydroxylation sites is 1. The molecule has 0 spiro atoms. The van der Waals surface area contributed by atoms with Crippen LogP contribution in [-0.4, -0.2) is 28.2 Å². The number of nitrogens with one attached hydrogen (secondary N) is 3. The molecule has 0 aliphatic heterocycles. The Labute approximate surface area is 180 Å². The molecule has 0 unspecified atom stereocenters. The van der Waals surface area contributed by atoms with Crippen LogP contribution in [0.25, 0.3) is 0 Å². The second-order valence-electron chi connectivity index (χ2n) is 7.00. The Morgan fingerprint density at radius 3 is 2.32 bits per heavy atom. The molecule has 0 aliphatic rings. The van der Waals surface area contributed by atoms with Gasteiger partial charge in [-0.3, -0.25) is 19.5 Å². The van der Waals surface area contributed by atoms with Crippen molar-refractivity contribution in [3.05, 3.63) is 76.6 Å². The Morgan fingerprint density at radius 2 is 1.65 bits per heavy atom. The highest BCUT2D eigenvalue weighted by Crippen LogP contribution is 2.17. The minimum absolute atomic E-state index is 0.0116. The predicted octanol–water partition coefficient (Wildman–Crippen LogP) is 3.64. The molecular weight excluding hydrogens is 396 g/mol. The van der Waals surface area contributed by atoms with Gasteiger partial charge in [-0.15, -0.1) is 0 Å². The van der Waals surface area contributed by atoms with Crippen molar-refractivity contribution in [1.82, 2.24) is 9.78 Å². The van der Waals surface area contributed by atoms with E-state index in [0.29, 0.717) is 17.9 Å². The van der Waals surface area contributed by atoms with Gasteiger partial charge in [-0.1, -0.05) is 56.2 Å². The van der Waals surface area contributed by atoms with Gasteiger partial charge in [-0.2, -0.15) is 0 Å². The van der Waals surface area contributed by atoms with Gasteiger partial charge in [0.05, 0.1) is 0 Å². The highest BCUT2D eigenvalue weighted by molar-refractivity contribution is 6.06. The normalized spacial score (nSPS) is 10.5. The number of aryl methyl sites for hydroxylation is 1. The molecule has 1 heterocycles. The van der Waals surface area contributed by atoms with Crippen molar-refractivity contribution in [3.8, 4) is 5.75 Å². The maximum Gasteiger partial charge on any atom is 0.292 e. The molecule has 0 saturated heterocycles. The number of benzene rings is 2. The second kappa shape index (κ2) is 10.8. The van der Waals surface area contributed by atoms with Crippen molar-refractivity contribution >= 4 is 23.3 Å². The van der Waals surface area contributed by atoms with Gasteiger partial charge in [0, 0.05) is 12.1 Å². The first-order valence-electron chi connectivity index (χ1n) is 10.3. The van der Waals surface area contributed by atoms with Gasteiger partial charge in [-0.25, -0.2) is 4.68 Å². The van der Waals surface area contributed by atoms with Crippen molar-refractivity contribution < 1.29 is 14.3 Å². The first-order valence-corrected chi connectivity index (χ1v) is 10.3. The van der Waals surface area contributed by atoms with Gasteiger partial charge in [0.2, 0.25) is 0 Å². The summed E-state index contributed by atoms with van der Waals surface area (Å²) in [6.45, 7) is 2.26. The zero-order valence-corrected chi connectivity index (χ0v) is 17.4. The number of unbranched alkanes of at least 4 members (excludes halogenated alkanes) is 2. The lowest BCUT2D eigenvalue weighted by Crippen LogP contribution is -2.26. The van der Waals surface area contributed by atoms with Crippen LogP contribution in [0.4, 0.5) is 11.5 Å². The third-order valence-electron chi connectivity index (χ3n) is 4.59. The molecule has 2 aromatic carbocycles. The largest absolute Gasteiger partial charge is 0.484 e. The van der Waals surface area contributed by atoms with E-state index in [-0.39, 0.29) is 18.1 Å². The van der Waals surface area contributed by atoms with Gasteiger partial charge in [0.25, 0.3) is 17.4 Å². The van der Waals surface area contributed by atoms with Gasteiger partial charge in [0.15, 0.2) is 18.1 Å². The third kappa shape index (κ3) is 6.08. The summed E-state index contributed by atoms with van der Waals surface area (Å²) in [5, 5.41) is 8.17. The number of rotatable bonds is 10. The Hall–Kier alpha value is -3.81. The SMILES string of the molecule is CCCCCn1[nH]c(NC(=O)c2ccccc2)c(NC(=O)COc2ccccc2)c1=O. The fraction of sp³-hybridized carbons (Fsp3) is 0.261. The number of aromatic amines is 1. The van der Waals surface area contributed by atoms with E-state index in [1.54, 1.807) is 54.6 Å². The Morgan fingerprint density at radius 1 is 0.968 bits per heavy atom. The van der Waals surface area contributed by atoms with Gasteiger partial charge in [0.1, 0.15) is 5.75 Å². The number of carbonyl (C=O) groups is 2. The van der Waals surface area contributed by atoms with Crippen LogP contribution in [0, 0.1) is 0 Å². The van der Waals surface area contributed by atoms with Crippen LogP contribution in [0.2, 0.25) is 0 Å². The molecule has 162 valence electrons. The molecule has 3 aromatic rings. The summed E-state index contributed by atoms with van der Waals surface area (Å²) in [6.07, 6.45) is 2.77. The van der Waals surface area contributed by atoms with Crippen LogP contribution in [0.1, 0.15) is 36.5 Å². The van der Waals surface area contributed by atoms with Crippen LogP contribution >= 0.6 is 0 Å². The van der Waals surface area contributed by atoms with Gasteiger partial charge in [-0.05, 0) is 30.7 Å². The summed E-state index contributed by atoms with van der Waals surface area (Å²) in [6, 6.07) is 17.5. The molecule has 0 radical (unpaired) electrons. The fourth-order valence-corrected chi connectivity index (χ4v) is 2.98. The van der Waals surface area contributed by atoms with Crippen molar-refractivity contribution in [2.24, 2.45) is 0 Å². The molecule has 1 aromatic heterocycles. The number of H-pyrrole nitrogens is 1. The topological polar surface area (TPSA) is 105 Å². The van der Waals surface area contributed by atoms with E-state index in [2.05, 4.69) is 22.7 Å². The van der Waals surface area contributed by atoms with Crippen molar-refractivity contribution in [2.75, 3.05) is 17.2 Å². The fourth-order valence-electron chi connectivity index (χ4n) is 2.98. The van der Waals surface area contributed by atoms with E-state index in [0.717, 1.165) is 19.3 Å². The summed E-state index contributed by atoms with van der Waals surface area (Å²) in [5.41, 5.74) is 0.0155. The van der Waals surface area contributed by atoms with Crippen LogP contribution in [0.3, 0.4) is 0 Å². The standard InChI is InChI=1S/C23H26N4O4/c1-2-3-10-15-27-23(30)20(24-19(28)16-31-18-13-8-5-9-14-18)21(26-27)25-22(29)17-11-6-4-7-12-17/h4-9,11-14,26H,2-3,10,15-16H2,1H3,(H,24,28)(H,25,29). The molecule has 0 fully saturated rings. The quantitative estimate of drug-likeness (QED) is 0.434. The lowest BCUT2D eigenvalue weighted by atomic mass is 10.2. The van der Waals surface area contributed by atoms with E-state index in [1.165, 1.54) is 4.68 Å². The number of ether oxygens (including phenoxy) is 1. The molecule has 31 heavy (non-hydrogen) atoms. The second-order valence-corrected chi connectivity index (χ2v) is 7.00. The molecule has 8 heteroatoms. The highest BCUT2D eigenvalue weighted by atomic mass is 16.5. The van der Waals surface area contributed by atoms with E-state index < -0.39 is 17.4 Å². The summed E-state index contributed by atoms with van der Waals surface area (Å²) < 4.78 is 6.83. The average Bonchev–Trinajstić information content (AvgIpc) is 3.08. The summed E-state index contributed by atoms with van der Waals surface area (Å²) in [7, 11) is 0. The van der Waals surface area contributed by atoms with Gasteiger partial charge >= 0.3 is 0 Å². The molecule has 8 nitrogen and oxygen atoms in total.